The Morgan fingerprint density at radius 2 is 2.21 bits per heavy atom. The zero-order valence-corrected chi connectivity index (χ0v) is 12.0. The Bertz CT molecular complexity index is 263. The monoisotopic (exact) mass is 269 g/mol. The summed E-state index contributed by atoms with van der Waals surface area (Å²) in [5.41, 5.74) is 0. The van der Waals surface area contributed by atoms with Crippen molar-refractivity contribution >= 4 is 5.96 Å². The SMILES string of the molecule is C=CCNC(=NCCCOC1CCOCC1)NCC. The molecule has 5 nitrogen and oxygen atoms in total. The lowest BCUT2D eigenvalue weighted by Crippen LogP contribution is -2.37. The van der Waals surface area contributed by atoms with Crippen molar-refractivity contribution < 1.29 is 9.47 Å². The Morgan fingerprint density at radius 1 is 1.42 bits per heavy atom. The fourth-order valence-corrected chi connectivity index (χ4v) is 1.86. The van der Waals surface area contributed by atoms with Gasteiger partial charge in [0.2, 0.25) is 0 Å². The minimum Gasteiger partial charge on any atom is -0.381 e. The average Bonchev–Trinajstić information content (AvgIpc) is 2.45. The normalized spacial score (nSPS) is 17.2. The smallest absolute Gasteiger partial charge is 0.191 e. The molecule has 0 spiro atoms. The van der Waals surface area contributed by atoms with Gasteiger partial charge in [0.25, 0.3) is 0 Å². The summed E-state index contributed by atoms with van der Waals surface area (Å²) in [6, 6.07) is 0. The topological polar surface area (TPSA) is 54.9 Å². The van der Waals surface area contributed by atoms with Gasteiger partial charge in [-0.3, -0.25) is 4.99 Å². The first-order valence-electron chi connectivity index (χ1n) is 7.19. The van der Waals surface area contributed by atoms with Crippen LogP contribution in [0.25, 0.3) is 0 Å². The summed E-state index contributed by atoms with van der Waals surface area (Å²) >= 11 is 0. The van der Waals surface area contributed by atoms with Crippen molar-refractivity contribution in [3.05, 3.63) is 12.7 Å². The van der Waals surface area contributed by atoms with Gasteiger partial charge < -0.3 is 20.1 Å². The van der Waals surface area contributed by atoms with Crippen molar-refractivity contribution in [3.63, 3.8) is 0 Å². The molecular formula is C14H27N3O2. The number of hydrogen-bond donors (Lipinski definition) is 2. The van der Waals surface area contributed by atoms with Crippen LogP contribution in [0.1, 0.15) is 26.2 Å². The molecule has 0 aromatic carbocycles. The first-order chi connectivity index (χ1) is 9.36. The molecule has 0 amide bonds. The van der Waals surface area contributed by atoms with Gasteiger partial charge in [0, 0.05) is 39.5 Å². The van der Waals surface area contributed by atoms with Gasteiger partial charge in [0.05, 0.1) is 6.10 Å². The van der Waals surface area contributed by atoms with Crippen molar-refractivity contribution in [2.75, 3.05) is 39.5 Å². The van der Waals surface area contributed by atoms with Gasteiger partial charge in [0.1, 0.15) is 0 Å². The summed E-state index contributed by atoms with van der Waals surface area (Å²) in [4.78, 5) is 4.48. The molecule has 0 aliphatic carbocycles. The Hall–Kier alpha value is -1.07. The van der Waals surface area contributed by atoms with Gasteiger partial charge in [0.15, 0.2) is 5.96 Å². The maximum atomic E-state index is 5.80. The molecular weight excluding hydrogens is 242 g/mol. The largest absolute Gasteiger partial charge is 0.381 e. The van der Waals surface area contributed by atoms with Crippen LogP contribution in [0.3, 0.4) is 0 Å². The van der Waals surface area contributed by atoms with Crippen LogP contribution in [0, 0.1) is 0 Å². The van der Waals surface area contributed by atoms with Gasteiger partial charge in [-0.1, -0.05) is 6.08 Å². The molecule has 110 valence electrons. The Kier molecular flexibility index (Phi) is 9.10. The van der Waals surface area contributed by atoms with E-state index in [1.165, 1.54) is 0 Å². The highest BCUT2D eigenvalue weighted by Crippen LogP contribution is 2.10. The van der Waals surface area contributed by atoms with E-state index in [4.69, 9.17) is 9.47 Å². The molecule has 1 aliphatic heterocycles. The highest BCUT2D eigenvalue weighted by Gasteiger charge is 2.13. The summed E-state index contributed by atoms with van der Waals surface area (Å²) in [5.74, 6) is 0.841. The van der Waals surface area contributed by atoms with Crippen LogP contribution in [0.15, 0.2) is 17.6 Å². The average molecular weight is 269 g/mol. The van der Waals surface area contributed by atoms with Crippen LogP contribution in [0.4, 0.5) is 0 Å². The molecule has 0 aromatic rings. The molecule has 0 aromatic heterocycles. The summed E-state index contributed by atoms with van der Waals surface area (Å²) in [7, 11) is 0. The molecule has 1 fully saturated rings. The number of rotatable bonds is 8. The zero-order chi connectivity index (χ0) is 13.8. The van der Waals surface area contributed by atoms with Gasteiger partial charge in [-0.15, -0.1) is 6.58 Å². The maximum Gasteiger partial charge on any atom is 0.191 e. The van der Waals surface area contributed by atoms with Crippen molar-refractivity contribution in [1.82, 2.24) is 10.6 Å². The molecule has 0 atom stereocenters. The molecule has 5 heteroatoms. The zero-order valence-electron chi connectivity index (χ0n) is 12.0. The summed E-state index contributed by atoms with van der Waals surface area (Å²) < 4.78 is 11.1. The molecule has 0 radical (unpaired) electrons. The van der Waals surface area contributed by atoms with Crippen LogP contribution in [0.5, 0.6) is 0 Å². The maximum absolute atomic E-state index is 5.80. The molecule has 1 rings (SSSR count). The fraction of sp³-hybridized carbons (Fsp3) is 0.786. The van der Waals surface area contributed by atoms with E-state index in [1.807, 2.05) is 6.08 Å². The number of guanidine groups is 1. The van der Waals surface area contributed by atoms with E-state index in [0.717, 1.165) is 64.7 Å². The van der Waals surface area contributed by atoms with E-state index in [9.17, 15) is 0 Å². The lowest BCUT2D eigenvalue weighted by atomic mass is 10.1. The predicted molar refractivity (Wildman–Crippen MR) is 78.6 cm³/mol. The second kappa shape index (κ2) is 10.8. The minimum atomic E-state index is 0.379. The minimum absolute atomic E-state index is 0.379. The van der Waals surface area contributed by atoms with Gasteiger partial charge in [-0.25, -0.2) is 0 Å². The molecule has 2 N–H and O–H groups in total. The number of hydrogen-bond acceptors (Lipinski definition) is 3. The van der Waals surface area contributed by atoms with Gasteiger partial charge >= 0.3 is 0 Å². The van der Waals surface area contributed by atoms with Crippen LogP contribution in [0.2, 0.25) is 0 Å². The Morgan fingerprint density at radius 3 is 2.89 bits per heavy atom. The number of nitrogens with zero attached hydrogens (tertiary/aromatic N) is 1. The standard InChI is InChI=1S/C14H27N3O2/c1-3-8-16-14(15-4-2)17-9-5-10-19-13-6-11-18-12-7-13/h3,13H,1,4-12H2,2H3,(H2,15,16,17). The van der Waals surface area contributed by atoms with E-state index in [0.29, 0.717) is 6.10 Å². The number of nitrogens with one attached hydrogen (secondary N) is 2. The molecule has 1 saturated heterocycles. The third kappa shape index (κ3) is 7.85. The fourth-order valence-electron chi connectivity index (χ4n) is 1.86. The highest BCUT2D eigenvalue weighted by atomic mass is 16.5. The summed E-state index contributed by atoms with van der Waals surface area (Å²) in [5, 5.41) is 6.37. The first kappa shape index (κ1) is 16.0. The van der Waals surface area contributed by atoms with Gasteiger partial charge in [-0.2, -0.15) is 0 Å². The number of ether oxygens (including phenoxy) is 2. The van der Waals surface area contributed by atoms with Gasteiger partial charge in [-0.05, 0) is 26.2 Å². The van der Waals surface area contributed by atoms with Crippen LogP contribution in [-0.2, 0) is 9.47 Å². The molecule has 1 aliphatic rings. The molecule has 0 unspecified atom stereocenters. The Balaban J connectivity index is 2.09. The van der Waals surface area contributed by atoms with Crippen molar-refractivity contribution in [2.45, 2.75) is 32.3 Å². The molecule has 0 saturated carbocycles. The lowest BCUT2D eigenvalue weighted by molar-refractivity contribution is -0.0318. The van der Waals surface area contributed by atoms with E-state index in [-0.39, 0.29) is 0 Å². The van der Waals surface area contributed by atoms with Crippen LogP contribution >= 0.6 is 0 Å². The molecule has 1 heterocycles. The van der Waals surface area contributed by atoms with E-state index < -0.39 is 0 Å². The van der Waals surface area contributed by atoms with Crippen molar-refractivity contribution in [2.24, 2.45) is 4.99 Å². The second-order valence-electron chi connectivity index (χ2n) is 4.47. The summed E-state index contributed by atoms with van der Waals surface area (Å²) in [6.45, 7) is 10.5. The predicted octanol–water partition coefficient (Wildman–Crippen LogP) is 1.31. The third-order valence-corrected chi connectivity index (χ3v) is 2.85. The van der Waals surface area contributed by atoms with E-state index >= 15 is 0 Å². The quantitative estimate of drug-likeness (QED) is 0.302. The van der Waals surface area contributed by atoms with E-state index in [1.54, 1.807) is 0 Å². The number of aliphatic imine (C=N–C) groups is 1. The van der Waals surface area contributed by atoms with Crippen LogP contribution < -0.4 is 10.6 Å². The first-order valence-corrected chi connectivity index (χ1v) is 7.19. The lowest BCUT2D eigenvalue weighted by Gasteiger charge is -2.22. The van der Waals surface area contributed by atoms with Crippen molar-refractivity contribution in [1.29, 1.82) is 0 Å². The van der Waals surface area contributed by atoms with Crippen molar-refractivity contribution in [3.8, 4) is 0 Å². The Labute approximate surface area is 116 Å². The molecule has 19 heavy (non-hydrogen) atoms. The van der Waals surface area contributed by atoms with E-state index in [2.05, 4.69) is 29.1 Å². The van der Waals surface area contributed by atoms with Crippen LogP contribution in [-0.4, -0.2) is 51.5 Å². The third-order valence-electron chi connectivity index (χ3n) is 2.85. The summed E-state index contributed by atoms with van der Waals surface area (Å²) in [6.07, 6.45) is 5.19. The second-order valence-corrected chi connectivity index (χ2v) is 4.47. The molecule has 0 bridgehead atoms. The highest BCUT2D eigenvalue weighted by molar-refractivity contribution is 5.79.